The van der Waals surface area contributed by atoms with E-state index in [1.807, 2.05) is 0 Å². The minimum absolute atomic E-state index is 0.418. The highest BCUT2D eigenvalue weighted by Crippen LogP contribution is 2.35. The molecule has 2 N–H and O–H groups in total. The van der Waals surface area contributed by atoms with E-state index in [4.69, 9.17) is 10.7 Å². The minimum Gasteiger partial charge on any atom is -0.357 e. The smallest absolute Gasteiger partial charge is 0.129 e. The molecule has 0 amide bonds. The molecule has 0 saturated carbocycles. The normalized spacial score (nSPS) is 17.6. The van der Waals surface area contributed by atoms with E-state index in [0.29, 0.717) is 17.9 Å². The Morgan fingerprint density at radius 2 is 1.86 bits per heavy atom. The van der Waals surface area contributed by atoms with Crippen molar-refractivity contribution >= 4 is 5.82 Å². The number of piperidine rings is 1. The van der Waals surface area contributed by atoms with Gasteiger partial charge in [0.1, 0.15) is 5.82 Å². The lowest BCUT2D eigenvalue weighted by Crippen LogP contribution is -2.38. The molecule has 0 atom stereocenters. The third-order valence-electron chi connectivity index (χ3n) is 4.76. The Balaban J connectivity index is 2.14. The molecule has 1 aromatic rings. The lowest BCUT2D eigenvalue weighted by molar-refractivity contribution is 0.198. The quantitative estimate of drug-likeness (QED) is 0.917. The van der Waals surface area contributed by atoms with Crippen LogP contribution in [0.2, 0.25) is 0 Å². The van der Waals surface area contributed by atoms with Crippen molar-refractivity contribution in [3.8, 4) is 0 Å². The molecule has 21 heavy (non-hydrogen) atoms. The first-order chi connectivity index (χ1) is 9.81. The zero-order valence-corrected chi connectivity index (χ0v) is 14.3. The molecule has 0 spiro atoms. The van der Waals surface area contributed by atoms with Crippen molar-refractivity contribution in [2.75, 3.05) is 18.0 Å². The van der Waals surface area contributed by atoms with Gasteiger partial charge in [-0.1, -0.05) is 34.6 Å². The van der Waals surface area contributed by atoms with Crippen LogP contribution in [0.3, 0.4) is 0 Å². The maximum Gasteiger partial charge on any atom is 0.129 e. The Bertz CT molecular complexity index is 466. The van der Waals surface area contributed by atoms with Crippen LogP contribution in [0.5, 0.6) is 0 Å². The third kappa shape index (κ3) is 3.97. The maximum absolute atomic E-state index is 5.85. The summed E-state index contributed by atoms with van der Waals surface area (Å²) in [7, 11) is 0. The Morgan fingerprint density at radius 1 is 1.24 bits per heavy atom. The molecule has 3 nitrogen and oxygen atoms in total. The largest absolute Gasteiger partial charge is 0.357 e. The van der Waals surface area contributed by atoms with Crippen LogP contribution in [0.15, 0.2) is 12.1 Å². The number of pyridine rings is 1. The molecular formula is C18H31N3. The van der Waals surface area contributed by atoms with Gasteiger partial charge in [0.05, 0.1) is 0 Å². The van der Waals surface area contributed by atoms with Gasteiger partial charge in [-0.05, 0) is 47.8 Å². The van der Waals surface area contributed by atoms with E-state index >= 15 is 0 Å². The molecule has 0 unspecified atom stereocenters. The SMILES string of the molecule is CC(C)c1cc(CN)cc(N2CCC(C(C)(C)C)CC2)n1. The molecule has 1 aliphatic heterocycles. The van der Waals surface area contributed by atoms with E-state index < -0.39 is 0 Å². The van der Waals surface area contributed by atoms with E-state index in [1.165, 1.54) is 18.4 Å². The Hall–Kier alpha value is -1.09. The van der Waals surface area contributed by atoms with Crippen molar-refractivity contribution in [3.63, 3.8) is 0 Å². The Morgan fingerprint density at radius 3 is 2.33 bits per heavy atom. The van der Waals surface area contributed by atoms with Crippen LogP contribution in [0.25, 0.3) is 0 Å². The summed E-state index contributed by atoms with van der Waals surface area (Å²) < 4.78 is 0. The molecule has 1 aromatic heterocycles. The number of anilines is 1. The van der Waals surface area contributed by atoms with Crippen LogP contribution in [0.1, 0.15) is 64.6 Å². The van der Waals surface area contributed by atoms with E-state index in [2.05, 4.69) is 51.7 Å². The molecular weight excluding hydrogens is 258 g/mol. The third-order valence-corrected chi connectivity index (χ3v) is 4.76. The van der Waals surface area contributed by atoms with Gasteiger partial charge in [-0.25, -0.2) is 4.98 Å². The molecule has 0 bridgehead atoms. The summed E-state index contributed by atoms with van der Waals surface area (Å²) in [6.07, 6.45) is 2.52. The molecule has 3 heteroatoms. The van der Waals surface area contributed by atoms with Crippen LogP contribution in [-0.4, -0.2) is 18.1 Å². The summed E-state index contributed by atoms with van der Waals surface area (Å²) in [5, 5.41) is 0. The Kier molecular flexibility index (Phi) is 4.92. The first kappa shape index (κ1) is 16.3. The van der Waals surface area contributed by atoms with Crippen LogP contribution < -0.4 is 10.6 Å². The van der Waals surface area contributed by atoms with Gasteiger partial charge >= 0.3 is 0 Å². The summed E-state index contributed by atoms with van der Waals surface area (Å²) in [6.45, 7) is 14.3. The fourth-order valence-corrected chi connectivity index (χ4v) is 3.14. The van der Waals surface area contributed by atoms with Crippen LogP contribution in [0, 0.1) is 11.3 Å². The highest BCUT2D eigenvalue weighted by molar-refractivity contribution is 5.43. The summed E-state index contributed by atoms with van der Waals surface area (Å²) in [6, 6.07) is 4.32. The van der Waals surface area contributed by atoms with Gasteiger partial charge in [-0.3, -0.25) is 0 Å². The fourth-order valence-electron chi connectivity index (χ4n) is 3.14. The van der Waals surface area contributed by atoms with E-state index in [0.717, 1.165) is 30.5 Å². The van der Waals surface area contributed by atoms with E-state index in [9.17, 15) is 0 Å². The average molecular weight is 289 g/mol. The number of nitrogens with two attached hydrogens (primary N) is 1. The van der Waals surface area contributed by atoms with Crippen LogP contribution in [-0.2, 0) is 6.54 Å². The van der Waals surface area contributed by atoms with Crippen LogP contribution in [0.4, 0.5) is 5.82 Å². The molecule has 0 radical (unpaired) electrons. The highest BCUT2D eigenvalue weighted by Gasteiger charge is 2.29. The van der Waals surface area contributed by atoms with Gasteiger partial charge < -0.3 is 10.6 Å². The van der Waals surface area contributed by atoms with Gasteiger partial charge in [0.25, 0.3) is 0 Å². The van der Waals surface area contributed by atoms with E-state index in [-0.39, 0.29) is 0 Å². The lowest BCUT2D eigenvalue weighted by atomic mass is 9.75. The summed E-state index contributed by atoms with van der Waals surface area (Å²) in [4.78, 5) is 7.30. The standard InChI is InChI=1S/C18H31N3/c1-13(2)16-10-14(12-19)11-17(20-16)21-8-6-15(7-9-21)18(3,4)5/h10-11,13,15H,6-9,12,19H2,1-5H3. The fraction of sp³-hybridized carbons (Fsp3) is 0.722. The van der Waals surface area contributed by atoms with Crippen molar-refractivity contribution in [2.45, 2.75) is 59.9 Å². The predicted molar refractivity (Wildman–Crippen MR) is 90.6 cm³/mol. The predicted octanol–water partition coefficient (Wildman–Crippen LogP) is 3.93. The zero-order chi connectivity index (χ0) is 15.6. The minimum atomic E-state index is 0.418. The first-order valence-corrected chi connectivity index (χ1v) is 8.27. The van der Waals surface area contributed by atoms with Crippen molar-refractivity contribution in [1.29, 1.82) is 0 Å². The highest BCUT2D eigenvalue weighted by atomic mass is 15.2. The molecule has 2 rings (SSSR count). The maximum atomic E-state index is 5.85. The number of aromatic nitrogens is 1. The number of nitrogens with zero attached hydrogens (tertiary/aromatic N) is 2. The molecule has 1 fully saturated rings. The second kappa shape index (κ2) is 6.35. The molecule has 1 saturated heterocycles. The van der Waals surface area contributed by atoms with Crippen molar-refractivity contribution in [2.24, 2.45) is 17.1 Å². The molecule has 2 heterocycles. The molecule has 0 aromatic carbocycles. The van der Waals surface area contributed by atoms with E-state index in [1.54, 1.807) is 0 Å². The molecule has 118 valence electrons. The zero-order valence-electron chi connectivity index (χ0n) is 14.3. The molecule has 1 aliphatic rings. The molecule has 0 aliphatic carbocycles. The van der Waals surface area contributed by atoms with Gasteiger partial charge in [0.15, 0.2) is 0 Å². The van der Waals surface area contributed by atoms with Crippen molar-refractivity contribution in [1.82, 2.24) is 4.98 Å². The van der Waals surface area contributed by atoms with Gasteiger partial charge in [0.2, 0.25) is 0 Å². The van der Waals surface area contributed by atoms with Crippen molar-refractivity contribution < 1.29 is 0 Å². The van der Waals surface area contributed by atoms with Crippen LogP contribution >= 0.6 is 0 Å². The summed E-state index contributed by atoms with van der Waals surface area (Å²) in [5.41, 5.74) is 8.62. The number of rotatable bonds is 3. The Labute approximate surface area is 129 Å². The van der Waals surface area contributed by atoms with Crippen molar-refractivity contribution in [3.05, 3.63) is 23.4 Å². The monoisotopic (exact) mass is 289 g/mol. The van der Waals surface area contributed by atoms with Gasteiger partial charge in [0, 0.05) is 25.3 Å². The number of hydrogen-bond donors (Lipinski definition) is 1. The second-order valence-electron chi connectivity index (χ2n) is 7.74. The lowest BCUT2D eigenvalue weighted by Gasteiger charge is -2.39. The first-order valence-electron chi connectivity index (χ1n) is 8.27. The topological polar surface area (TPSA) is 42.1 Å². The van der Waals surface area contributed by atoms with Gasteiger partial charge in [-0.15, -0.1) is 0 Å². The summed E-state index contributed by atoms with van der Waals surface area (Å²) in [5.74, 6) is 2.38. The number of hydrogen-bond acceptors (Lipinski definition) is 3. The summed E-state index contributed by atoms with van der Waals surface area (Å²) >= 11 is 0. The second-order valence-corrected chi connectivity index (χ2v) is 7.74. The average Bonchev–Trinajstić information content (AvgIpc) is 2.46. The van der Waals surface area contributed by atoms with Gasteiger partial charge in [-0.2, -0.15) is 0 Å².